The van der Waals surface area contributed by atoms with E-state index in [0.717, 1.165) is 37.4 Å². The maximum atomic E-state index is 12.8. The summed E-state index contributed by atoms with van der Waals surface area (Å²) in [6, 6.07) is 5.97. The molecule has 0 unspecified atom stereocenters. The maximum absolute atomic E-state index is 12.8. The van der Waals surface area contributed by atoms with Crippen LogP contribution in [-0.2, 0) is 5.41 Å². The smallest absolute Gasteiger partial charge is 0.257 e. The molecule has 0 aliphatic carbocycles. The van der Waals surface area contributed by atoms with Gasteiger partial charge in [0.15, 0.2) is 0 Å². The summed E-state index contributed by atoms with van der Waals surface area (Å²) in [7, 11) is 1.63. The van der Waals surface area contributed by atoms with Crippen molar-refractivity contribution in [3.05, 3.63) is 29.3 Å². The first-order valence-corrected chi connectivity index (χ1v) is 7.80. The van der Waals surface area contributed by atoms with Crippen molar-refractivity contribution >= 4 is 5.91 Å². The number of piperidine rings is 1. The Bertz CT molecular complexity index is 508. The predicted molar refractivity (Wildman–Crippen MR) is 86.0 cm³/mol. The average molecular weight is 289 g/mol. The van der Waals surface area contributed by atoms with E-state index in [1.165, 1.54) is 0 Å². The molecule has 1 fully saturated rings. The van der Waals surface area contributed by atoms with Crippen molar-refractivity contribution in [2.45, 2.75) is 46.0 Å². The molecule has 0 N–H and O–H groups in total. The van der Waals surface area contributed by atoms with Gasteiger partial charge in [0.05, 0.1) is 12.7 Å². The van der Waals surface area contributed by atoms with Crippen LogP contribution in [0.1, 0.15) is 56.5 Å². The normalized spacial score (nSPS) is 16.9. The van der Waals surface area contributed by atoms with Gasteiger partial charge in [-0.05, 0) is 41.9 Å². The number of carbonyl (C=O) groups is 1. The fraction of sp³-hybridized carbons (Fsp3) is 0.611. The molecule has 3 nitrogen and oxygen atoms in total. The van der Waals surface area contributed by atoms with Crippen LogP contribution in [0.3, 0.4) is 0 Å². The second-order valence-electron chi connectivity index (χ2n) is 7.14. The highest BCUT2D eigenvalue weighted by Crippen LogP contribution is 2.29. The molecule has 0 saturated carbocycles. The number of nitrogens with zero attached hydrogens (tertiary/aromatic N) is 1. The third-order valence-electron chi connectivity index (χ3n) is 4.37. The minimum Gasteiger partial charge on any atom is -0.496 e. The molecule has 1 aliphatic rings. The summed E-state index contributed by atoms with van der Waals surface area (Å²) in [6.07, 6.45) is 2.18. The Morgan fingerprint density at radius 3 is 2.38 bits per heavy atom. The molecule has 116 valence electrons. The molecule has 0 aromatic heterocycles. The molecule has 1 amide bonds. The number of likely N-dealkylation sites (tertiary alicyclic amines) is 1. The van der Waals surface area contributed by atoms with Gasteiger partial charge in [0.25, 0.3) is 5.91 Å². The number of amides is 1. The summed E-state index contributed by atoms with van der Waals surface area (Å²) >= 11 is 0. The third kappa shape index (κ3) is 3.58. The van der Waals surface area contributed by atoms with Crippen molar-refractivity contribution < 1.29 is 9.53 Å². The van der Waals surface area contributed by atoms with Gasteiger partial charge in [-0.3, -0.25) is 4.79 Å². The second kappa shape index (κ2) is 6.08. The maximum Gasteiger partial charge on any atom is 0.257 e. The molecule has 1 saturated heterocycles. The summed E-state index contributed by atoms with van der Waals surface area (Å²) in [5.74, 6) is 1.49. The van der Waals surface area contributed by atoms with Gasteiger partial charge in [-0.25, -0.2) is 0 Å². The van der Waals surface area contributed by atoms with Crippen molar-refractivity contribution in [3.8, 4) is 5.75 Å². The summed E-state index contributed by atoms with van der Waals surface area (Å²) in [6.45, 7) is 10.4. The molecular weight excluding hydrogens is 262 g/mol. The largest absolute Gasteiger partial charge is 0.496 e. The highest BCUT2D eigenvalue weighted by atomic mass is 16.5. The lowest BCUT2D eigenvalue weighted by atomic mass is 9.86. The zero-order valence-electron chi connectivity index (χ0n) is 13.9. The lowest BCUT2D eigenvalue weighted by Gasteiger charge is -2.31. The van der Waals surface area contributed by atoms with E-state index in [4.69, 9.17) is 4.74 Å². The molecule has 0 atom stereocenters. The van der Waals surface area contributed by atoms with Crippen LogP contribution in [0.4, 0.5) is 0 Å². The van der Waals surface area contributed by atoms with Crippen LogP contribution >= 0.6 is 0 Å². The van der Waals surface area contributed by atoms with Crippen molar-refractivity contribution in [2.75, 3.05) is 20.2 Å². The fourth-order valence-corrected chi connectivity index (χ4v) is 2.72. The highest BCUT2D eigenvalue weighted by Gasteiger charge is 2.25. The Hall–Kier alpha value is -1.51. The van der Waals surface area contributed by atoms with Gasteiger partial charge in [-0.15, -0.1) is 0 Å². The van der Waals surface area contributed by atoms with Crippen molar-refractivity contribution in [3.63, 3.8) is 0 Å². The van der Waals surface area contributed by atoms with E-state index in [1.807, 2.05) is 23.1 Å². The Balaban J connectivity index is 2.30. The Morgan fingerprint density at radius 1 is 1.24 bits per heavy atom. The number of benzene rings is 1. The Kier molecular flexibility index (Phi) is 4.60. The molecule has 1 aliphatic heterocycles. The van der Waals surface area contributed by atoms with Crippen LogP contribution in [0.5, 0.6) is 5.75 Å². The van der Waals surface area contributed by atoms with E-state index < -0.39 is 0 Å². The van der Waals surface area contributed by atoms with Crippen LogP contribution in [0.25, 0.3) is 0 Å². The van der Waals surface area contributed by atoms with Gasteiger partial charge < -0.3 is 9.64 Å². The highest BCUT2D eigenvalue weighted by molar-refractivity contribution is 5.97. The van der Waals surface area contributed by atoms with Gasteiger partial charge in [0, 0.05) is 13.1 Å². The number of hydrogen-bond donors (Lipinski definition) is 0. The van der Waals surface area contributed by atoms with E-state index >= 15 is 0 Å². The first kappa shape index (κ1) is 15.9. The zero-order valence-corrected chi connectivity index (χ0v) is 13.9. The topological polar surface area (TPSA) is 29.5 Å². The standard InChI is InChI=1S/C18H27NO2/c1-13-8-10-19(11-9-13)17(20)15-12-14(18(2,3)4)6-7-16(15)21-5/h6-7,12-13H,8-11H2,1-5H3. The van der Waals surface area contributed by atoms with E-state index in [-0.39, 0.29) is 11.3 Å². The molecule has 21 heavy (non-hydrogen) atoms. The first-order valence-electron chi connectivity index (χ1n) is 7.80. The number of carbonyl (C=O) groups excluding carboxylic acids is 1. The number of hydrogen-bond acceptors (Lipinski definition) is 2. The van der Waals surface area contributed by atoms with Gasteiger partial charge >= 0.3 is 0 Å². The predicted octanol–water partition coefficient (Wildman–Crippen LogP) is 3.86. The number of methoxy groups -OCH3 is 1. The molecule has 1 heterocycles. The van der Waals surface area contributed by atoms with E-state index in [0.29, 0.717) is 11.3 Å². The second-order valence-corrected chi connectivity index (χ2v) is 7.14. The molecule has 1 aromatic carbocycles. The lowest BCUT2D eigenvalue weighted by Crippen LogP contribution is -2.38. The zero-order chi connectivity index (χ0) is 15.6. The van der Waals surface area contributed by atoms with Crippen molar-refractivity contribution in [2.24, 2.45) is 5.92 Å². The van der Waals surface area contributed by atoms with Gasteiger partial charge in [0.2, 0.25) is 0 Å². The summed E-state index contributed by atoms with van der Waals surface area (Å²) in [4.78, 5) is 14.8. The fourth-order valence-electron chi connectivity index (χ4n) is 2.72. The molecule has 2 rings (SSSR count). The van der Waals surface area contributed by atoms with Gasteiger partial charge in [0.1, 0.15) is 5.75 Å². The number of ether oxygens (including phenoxy) is 1. The van der Waals surface area contributed by atoms with Crippen LogP contribution in [0.15, 0.2) is 18.2 Å². The molecule has 0 spiro atoms. The molecule has 1 aromatic rings. The van der Waals surface area contributed by atoms with E-state index in [1.54, 1.807) is 7.11 Å². The minimum atomic E-state index is 0.0255. The van der Waals surface area contributed by atoms with Crippen LogP contribution in [0.2, 0.25) is 0 Å². The van der Waals surface area contributed by atoms with Gasteiger partial charge in [-0.1, -0.05) is 33.8 Å². The van der Waals surface area contributed by atoms with E-state index in [2.05, 4.69) is 27.7 Å². The quantitative estimate of drug-likeness (QED) is 0.827. The first-order chi connectivity index (χ1) is 9.82. The monoisotopic (exact) mass is 289 g/mol. The van der Waals surface area contributed by atoms with E-state index in [9.17, 15) is 4.79 Å². The van der Waals surface area contributed by atoms with Crippen molar-refractivity contribution in [1.29, 1.82) is 0 Å². The molecule has 0 radical (unpaired) electrons. The number of rotatable bonds is 2. The molecule has 0 bridgehead atoms. The van der Waals surface area contributed by atoms with Crippen LogP contribution < -0.4 is 4.74 Å². The molecular formula is C18H27NO2. The third-order valence-corrected chi connectivity index (χ3v) is 4.37. The van der Waals surface area contributed by atoms with Crippen LogP contribution in [0, 0.1) is 5.92 Å². The van der Waals surface area contributed by atoms with Crippen molar-refractivity contribution in [1.82, 2.24) is 4.90 Å². The summed E-state index contributed by atoms with van der Waals surface area (Å²) in [5, 5.41) is 0. The molecule has 3 heteroatoms. The summed E-state index contributed by atoms with van der Waals surface area (Å²) in [5.41, 5.74) is 1.88. The Labute approximate surface area is 128 Å². The lowest BCUT2D eigenvalue weighted by molar-refractivity contribution is 0.0693. The minimum absolute atomic E-state index is 0.0255. The SMILES string of the molecule is COc1ccc(C(C)(C)C)cc1C(=O)N1CCC(C)CC1. The summed E-state index contributed by atoms with van der Waals surface area (Å²) < 4.78 is 5.40. The van der Waals surface area contributed by atoms with Crippen LogP contribution in [-0.4, -0.2) is 31.0 Å². The Morgan fingerprint density at radius 2 is 1.86 bits per heavy atom. The van der Waals surface area contributed by atoms with Gasteiger partial charge in [-0.2, -0.15) is 0 Å². The average Bonchev–Trinajstić information content (AvgIpc) is 2.45.